The normalized spacial score (nSPS) is 19.9. The maximum Gasteiger partial charge on any atom is 0.253 e. The van der Waals surface area contributed by atoms with Crippen LogP contribution in [0.3, 0.4) is 0 Å². The van der Waals surface area contributed by atoms with E-state index in [9.17, 15) is 9.90 Å². The number of alkyl halides is 1. The van der Waals surface area contributed by atoms with Crippen LogP contribution in [0.15, 0.2) is 18.2 Å². The number of carbonyl (C=O) groups excluding carboxylic acids is 1. The van der Waals surface area contributed by atoms with Gasteiger partial charge < -0.3 is 10.0 Å². The van der Waals surface area contributed by atoms with E-state index in [1.165, 1.54) is 6.42 Å². The Labute approximate surface area is 116 Å². The highest BCUT2D eigenvalue weighted by atomic mass is 79.9. The second-order valence-electron chi connectivity index (χ2n) is 4.91. The molecule has 98 valence electrons. The van der Waals surface area contributed by atoms with Gasteiger partial charge in [-0.25, -0.2) is 0 Å². The number of rotatable bonds is 2. The van der Waals surface area contributed by atoms with E-state index in [2.05, 4.69) is 15.9 Å². The van der Waals surface area contributed by atoms with Crippen molar-refractivity contribution in [3.8, 4) is 5.75 Å². The number of nitrogens with zero attached hydrogens (tertiary/aromatic N) is 1. The molecule has 0 spiro atoms. The lowest BCUT2D eigenvalue weighted by Crippen LogP contribution is -2.40. The predicted molar refractivity (Wildman–Crippen MR) is 75.3 cm³/mol. The molecule has 2 rings (SSSR count). The molecule has 1 N–H and O–H groups in total. The van der Waals surface area contributed by atoms with Crippen molar-refractivity contribution in [3.63, 3.8) is 0 Å². The molecule has 0 aromatic heterocycles. The number of hydrogen-bond donors (Lipinski definition) is 1. The van der Waals surface area contributed by atoms with E-state index in [0.29, 0.717) is 11.5 Å². The Bertz CT molecular complexity index is 447. The van der Waals surface area contributed by atoms with Crippen LogP contribution in [-0.4, -0.2) is 34.3 Å². The highest BCUT2D eigenvalue weighted by Gasteiger charge is 2.24. The van der Waals surface area contributed by atoms with E-state index in [1.54, 1.807) is 18.2 Å². The van der Waals surface area contributed by atoms with Crippen LogP contribution in [0.4, 0.5) is 0 Å². The first kappa shape index (κ1) is 13.4. The number of carbonyl (C=O) groups is 1. The molecule has 1 saturated heterocycles. The van der Waals surface area contributed by atoms with E-state index in [0.717, 1.165) is 30.4 Å². The SMILES string of the molecule is Cc1ccc(C(=O)N2CCCC(CBr)C2)cc1O. The third-order valence-corrected chi connectivity index (χ3v) is 4.40. The summed E-state index contributed by atoms with van der Waals surface area (Å²) in [5.74, 6) is 0.757. The van der Waals surface area contributed by atoms with Crippen molar-refractivity contribution in [2.24, 2.45) is 5.92 Å². The smallest absolute Gasteiger partial charge is 0.253 e. The van der Waals surface area contributed by atoms with Gasteiger partial charge in [-0.05, 0) is 43.4 Å². The van der Waals surface area contributed by atoms with Gasteiger partial charge in [0.05, 0.1) is 0 Å². The number of phenolic OH excluding ortho intramolecular Hbond substituents is 1. The third-order valence-electron chi connectivity index (χ3n) is 3.48. The fourth-order valence-electron chi connectivity index (χ4n) is 2.30. The van der Waals surface area contributed by atoms with Gasteiger partial charge in [-0.1, -0.05) is 22.0 Å². The summed E-state index contributed by atoms with van der Waals surface area (Å²) in [6.07, 6.45) is 2.23. The number of phenols is 1. The minimum absolute atomic E-state index is 0.0240. The van der Waals surface area contributed by atoms with Crippen molar-refractivity contribution in [1.82, 2.24) is 4.90 Å². The van der Waals surface area contributed by atoms with Crippen molar-refractivity contribution in [2.75, 3.05) is 18.4 Å². The molecule has 1 heterocycles. The number of halogens is 1. The lowest BCUT2D eigenvalue weighted by Gasteiger charge is -2.32. The van der Waals surface area contributed by atoms with Crippen LogP contribution in [0, 0.1) is 12.8 Å². The Morgan fingerprint density at radius 2 is 2.33 bits per heavy atom. The minimum atomic E-state index is 0.0240. The molecule has 4 heteroatoms. The number of hydrogen-bond acceptors (Lipinski definition) is 2. The topological polar surface area (TPSA) is 40.5 Å². The van der Waals surface area contributed by atoms with Crippen LogP contribution in [0.2, 0.25) is 0 Å². The van der Waals surface area contributed by atoms with Crippen molar-refractivity contribution in [2.45, 2.75) is 19.8 Å². The summed E-state index contributed by atoms with van der Waals surface area (Å²) >= 11 is 3.49. The molecule has 0 saturated carbocycles. The second-order valence-corrected chi connectivity index (χ2v) is 5.56. The summed E-state index contributed by atoms with van der Waals surface area (Å²) in [4.78, 5) is 14.2. The van der Waals surface area contributed by atoms with Crippen LogP contribution < -0.4 is 0 Å². The summed E-state index contributed by atoms with van der Waals surface area (Å²) in [6.45, 7) is 3.45. The van der Waals surface area contributed by atoms with Crippen molar-refractivity contribution < 1.29 is 9.90 Å². The van der Waals surface area contributed by atoms with E-state index in [4.69, 9.17) is 0 Å². The van der Waals surface area contributed by atoms with Gasteiger partial charge in [0.25, 0.3) is 5.91 Å². The first-order valence-corrected chi connectivity index (χ1v) is 7.39. The number of aromatic hydroxyl groups is 1. The molecule has 1 aromatic rings. The molecule has 1 atom stereocenters. The zero-order valence-corrected chi connectivity index (χ0v) is 12.1. The maximum atomic E-state index is 12.3. The Morgan fingerprint density at radius 1 is 1.56 bits per heavy atom. The highest BCUT2D eigenvalue weighted by Crippen LogP contribution is 2.22. The van der Waals surface area contributed by atoms with Gasteiger partial charge in [0.2, 0.25) is 0 Å². The van der Waals surface area contributed by atoms with Gasteiger partial charge in [-0.3, -0.25) is 4.79 Å². The van der Waals surface area contributed by atoms with E-state index >= 15 is 0 Å². The molecule has 1 fully saturated rings. The molecular formula is C14H18BrNO2. The molecule has 0 bridgehead atoms. The van der Waals surface area contributed by atoms with Gasteiger partial charge in [0.1, 0.15) is 5.75 Å². The Morgan fingerprint density at radius 3 is 3.00 bits per heavy atom. The first-order valence-electron chi connectivity index (χ1n) is 6.26. The van der Waals surface area contributed by atoms with Gasteiger partial charge in [0, 0.05) is 24.0 Å². The summed E-state index contributed by atoms with van der Waals surface area (Å²) < 4.78 is 0. The number of aryl methyl sites for hydroxylation is 1. The fraction of sp³-hybridized carbons (Fsp3) is 0.500. The summed E-state index contributed by atoms with van der Waals surface area (Å²) in [7, 11) is 0. The van der Waals surface area contributed by atoms with Crippen molar-refractivity contribution in [3.05, 3.63) is 29.3 Å². The van der Waals surface area contributed by atoms with Gasteiger partial charge in [-0.15, -0.1) is 0 Å². The lowest BCUT2D eigenvalue weighted by molar-refractivity contribution is 0.0685. The van der Waals surface area contributed by atoms with Crippen molar-refractivity contribution in [1.29, 1.82) is 0 Å². The summed E-state index contributed by atoms with van der Waals surface area (Å²) in [6, 6.07) is 5.14. The van der Waals surface area contributed by atoms with Crippen LogP contribution in [0.25, 0.3) is 0 Å². The first-order chi connectivity index (χ1) is 8.61. The van der Waals surface area contributed by atoms with Crippen molar-refractivity contribution >= 4 is 21.8 Å². The van der Waals surface area contributed by atoms with Crippen LogP contribution >= 0.6 is 15.9 Å². The quantitative estimate of drug-likeness (QED) is 0.853. The molecule has 1 aromatic carbocycles. The van der Waals surface area contributed by atoms with Gasteiger partial charge >= 0.3 is 0 Å². The molecule has 0 aliphatic carbocycles. The monoisotopic (exact) mass is 311 g/mol. The van der Waals surface area contributed by atoms with Crippen LogP contribution in [0.5, 0.6) is 5.75 Å². The minimum Gasteiger partial charge on any atom is -0.508 e. The largest absolute Gasteiger partial charge is 0.508 e. The van der Waals surface area contributed by atoms with Crippen LogP contribution in [0.1, 0.15) is 28.8 Å². The lowest BCUT2D eigenvalue weighted by atomic mass is 9.99. The van der Waals surface area contributed by atoms with E-state index in [-0.39, 0.29) is 11.7 Å². The maximum absolute atomic E-state index is 12.3. The average Bonchev–Trinajstić information content (AvgIpc) is 2.41. The summed E-state index contributed by atoms with van der Waals surface area (Å²) in [5, 5.41) is 10.6. The Hall–Kier alpha value is -1.03. The van der Waals surface area contributed by atoms with E-state index in [1.807, 2.05) is 11.8 Å². The number of likely N-dealkylation sites (tertiary alicyclic amines) is 1. The number of amides is 1. The Balaban J connectivity index is 2.12. The second kappa shape index (κ2) is 5.74. The van der Waals surface area contributed by atoms with E-state index < -0.39 is 0 Å². The average molecular weight is 312 g/mol. The number of piperidine rings is 1. The molecule has 3 nitrogen and oxygen atoms in total. The standard InChI is InChI=1S/C14H18BrNO2/c1-10-4-5-12(7-13(10)17)14(18)16-6-2-3-11(8-15)9-16/h4-5,7,11,17H,2-3,6,8-9H2,1H3. The Kier molecular flexibility index (Phi) is 4.27. The van der Waals surface area contributed by atoms with Gasteiger partial charge in [0.15, 0.2) is 0 Å². The zero-order chi connectivity index (χ0) is 13.1. The molecule has 1 aliphatic rings. The fourth-order valence-corrected chi connectivity index (χ4v) is 2.83. The molecular weight excluding hydrogens is 294 g/mol. The van der Waals surface area contributed by atoms with Gasteiger partial charge in [-0.2, -0.15) is 0 Å². The summed E-state index contributed by atoms with van der Waals surface area (Å²) in [5.41, 5.74) is 1.37. The highest BCUT2D eigenvalue weighted by molar-refractivity contribution is 9.09. The molecule has 1 aliphatic heterocycles. The zero-order valence-electron chi connectivity index (χ0n) is 10.5. The molecule has 1 amide bonds. The number of benzene rings is 1. The molecule has 1 unspecified atom stereocenters. The predicted octanol–water partition coefficient (Wildman–Crippen LogP) is 2.95. The molecule has 0 radical (unpaired) electrons. The third kappa shape index (κ3) is 2.86. The van der Waals surface area contributed by atoms with Crippen LogP contribution in [-0.2, 0) is 0 Å². The molecule has 18 heavy (non-hydrogen) atoms.